The smallest absolute Gasteiger partial charge is 0.257 e. The molecule has 0 atom stereocenters. The Kier molecular flexibility index (Phi) is 3.66. The van der Waals surface area contributed by atoms with E-state index in [1.54, 1.807) is 12.1 Å². The van der Waals surface area contributed by atoms with Crippen molar-refractivity contribution in [3.63, 3.8) is 0 Å². The maximum atomic E-state index is 13.0. The number of aromatic nitrogens is 1. The molecule has 0 saturated heterocycles. The minimum absolute atomic E-state index is 0.106. The van der Waals surface area contributed by atoms with E-state index in [1.165, 1.54) is 6.20 Å². The fraction of sp³-hybridized carbons (Fsp3) is 0. The highest BCUT2D eigenvalue weighted by molar-refractivity contribution is 9.10. The Morgan fingerprint density at radius 3 is 2.50 bits per heavy atom. The van der Waals surface area contributed by atoms with E-state index < -0.39 is 17.5 Å². The van der Waals surface area contributed by atoms with Gasteiger partial charge < -0.3 is 5.32 Å². The zero-order chi connectivity index (χ0) is 13.1. The lowest BCUT2D eigenvalue weighted by Crippen LogP contribution is -2.13. The van der Waals surface area contributed by atoms with Crippen LogP contribution in [0.25, 0.3) is 0 Å². The van der Waals surface area contributed by atoms with Crippen LogP contribution in [0.2, 0.25) is 0 Å². The maximum Gasteiger partial charge on any atom is 0.257 e. The van der Waals surface area contributed by atoms with Gasteiger partial charge >= 0.3 is 0 Å². The van der Waals surface area contributed by atoms with Crippen molar-refractivity contribution in [2.75, 3.05) is 5.32 Å². The van der Waals surface area contributed by atoms with Crippen molar-refractivity contribution in [3.05, 3.63) is 58.2 Å². The second kappa shape index (κ2) is 5.22. The number of carbonyl (C=O) groups excluding carboxylic acids is 1. The highest BCUT2D eigenvalue weighted by Crippen LogP contribution is 2.19. The van der Waals surface area contributed by atoms with Crippen molar-refractivity contribution in [1.29, 1.82) is 0 Å². The lowest BCUT2D eigenvalue weighted by Gasteiger charge is -2.06. The first-order chi connectivity index (χ1) is 8.56. The van der Waals surface area contributed by atoms with E-state index in [4.69, 9.17) is 0 Å². The number of amides is 1. The molecule has 1 amide bonds. The highest BCUT2D eigenvalue weighted by Gasteiger charge is 2.11. The SMILES string of the molecule is O=C(Nc1ncccc1Br)c1cc(F)cc(F)c1. The molecule has 6 heteroatoms. The van der Waals surface area contributed by atoms with Crippen molar-refractivity contribution in [2.45, 2.75) is 0 Å². The molecule has 0 fully saturated rings. The summed E-state index contributed by atoms with van der Waals surface area (Å²) in [6.45, 7) is 0. The van der Waals surface area contributed by atoms with Gasteiger partial charge in [0.05, 0.1) is 4.47 Å². The molecular formula is C12H7BrF2N2O. The van der Waals surface area contributed by atoms with Crippen LogP contribution in [-0.4, -0.2) is 10.9 Å². The standard InChI is InChI=1S/C12H7BrF2N2O/c13-10-2-1-3-16-11(10)17-12(18)7-4-8(14)6-9(15)5-7/h1-6H,(H,16,17,18). The van der Waals surface area contributed by atoms with Crippen molar-refractivity contribution < 1.29 is 13.6 Å². The zero-order valence-corrected chi connectivity index (χ0v) is 10.5. The number of nitrogens with one attached hydrogen (secondary N) is 1. The molecule has 1 heterocycles. The van der Waals surface area contributed by atoms with Crippen LogP contribution in [-0.2, 0) is 0 Å². The Morgan fingerprint density at radius 2 is 1.89 bits per heavy atom. The van der Waals surface area contributed by atoms with Crippen LogP contribution in [0.15, 0.2) is 41.0 Å². The molecule has 92 valence electrons. The Labute approximate surface area is 110 Å². The van der Waals surface area contributed by atoms with E-state index in [2.05, 4.69) is 26.2 Å². The third-order valence-electron chi connectivity index (χ3n) is 2.12. The van der Waals surface area contributed by atoms with Crippen molar-refractivity contribution in [2.24, 2.45) is 0 Å². The number of rotatable bonds is 2. The molecule has 2 aromatic rings. The fourth-order valence-electron chi connectivity index (χ4n) is 1.34. The Bertz CT molecular complexity index is 584. The number of nitrogens with zero attached hydrogens (tertiary/aromatic N) is 1. The summed E-state index contributed by atoms with van der Waals surface area (Å²) >= 11 is 3.20. The number of hydrogen-bond acceptors (Lipinski definition) is 2. The average Bonchev–Trinajstić information content (AvgIpc) is 2.31. The van der Waals surface area contributed by atoms with Crippen molar-refractivity contribution in [1.82, 2.24) is 4.98 Å². The number of anilines is 1. The van der Waals surface area contributed by atoms with Gasteiger partial charge in [0.2, 0.25) is 0 Å². The monoisotopic (exact) mass is 312 g/mol. The highest BCUT2D eigenvalue weighted by atomic mass is 79.9. The summed E-state index contributed by atoms with van der Waals surface area (Å²) in [7, 11) is 0. The van der Waals surface area contributed by atoms with E-state index in [0.717, 1.165) is 12.1 Å². The van der Waals surface area contributed by atoms with Crippen molar-refractivity contribution >= 4 is 27.7 Å². The summed E-state index contributed by atoms with van der Waals surface area (Å²) in [5.41, 5.74) is -0.106. The zero-order valence-electron chi connectivity index (χ0n) is 8.95. The number of halogens is 3. The lowest BCUT2D eigenvalue weighted by atomic mass is 10.2. The van der Waals surface area contributed by atoms with Crippen LogP contribution in [0.1, 0.15) is 10.4 Å². The Morgan fingerprint density at radius 1 is 1.22 bits per heavy atom. The van der Waals surface area contributed by atoms with Gasteiger partial charge in [0.25, 0.3) is 5.91 Å². The summed E-state index contributed by atoms with van der Waals surface area (Å²) in [5.74, 6) is -1.96. The summed E-state index contributed by atoms with van der Waals surface area (Å²) in [6.07, 6.45) is 1.49. The Hall–Kier alpha value is -1.82. The number of carbonyl (C=O) groups is 1. The van der Waals surface area contributed by atoms with Crippen molar-refractivity contribution in [3.8, 4) is 0 Å². The van der Waals surface area contributed by atoms with Gasteiger partial charge in [-0.25, -0.2) is 13.8 Å². The van der Waals surface area contributed by atoms with Gasteiger partial charge in [-0.3, -0.25) is 4.79 Å². The molecule has 1 aromatic heterocycles. The van der Waals surface area contributed by atoms with Gasteiger partial charge in [-0.2, -0.15) is 0 Å². The molecule has 18 heavy (non-hydrogen) atoms. The first-order valence-corrected chi connectivity index (χ1v) is 5.73. The number of hydrogen-bond donors (Lipinski definition) is 1. The predicted molar refractivity (Wildman–Crippen MR) is 66.2 cm³/mol. The molecule has 0 unspecified atom stereocenters. The predicted octanol–water partition coefficient (Wildman–Crippen LogP) is 3.37. The summed E-state index contributed by atoms with van der Waals surface area (Å²) < 4.78 is 26.5. The van der Waals surface area contributed by atoms with Crippen LogP contribution < -0.4 is 5.32 Å². The second-order valence-electron chi connectivity index (χ2n) is 3.45. The third-order valence-corrected chi connectivity index (χ3v) is 2.76. The van der Waals surface area contributed by atoms with Gasteiger partial charge in [0.15, 0.2) is 0 Å². The lowest BCUT2D eigenvalue weighted by molar-refractivity contribution is 0.102. The number of benzene rings is 1. The van der Waals surface area contributed by atoms with E-state index in [9.17, 15) is 13.6 Å². The molecule has 0 aliphatic carbocycles. The minimum Gasteiger partial charge on any atom is -0.306 e. The summed E-state index contributed by atoms with van der Waals surface area (Å²) in [4.78, 5) is 15.7. The van der Waals surface area contributed by atoms with Crippen LogP contribution in [0.5, 0.6) is 0 Å². The number of pyridine rings is 1. The first kappa shape index (κ1) is 12.6. The molecule has 3 nitrogen and oxygen atoms in total. The molecule has 0 aliphatic heterocycles. The van der Waals surface area contributed by atoms with Gasteiger partial charge in [-0.15, -0.1) is 0 Å². The van der Waals surface area contributed by atoms with E-state index in [-0.39, 0.29) is 11.4 Å². The van der Waals surface area contributed by atoms with Gasteiger partial charge in [-0.05, 0) is 40.2 Å². The van der Waals surface area contributed by atoms with E-state index in [0.29, 0.717) is 10.5 Å². The molecule has 0 spiro atoms. The molecule has 0 bridgehead atoms. The Balaban J connectivity index is 2.25. The van der Waals surface area contributed by atoms with Crippen LogP contribution in [0, 0.1) is 11.6 Å². The molecule has 1 aromatic carbocycles. The molecule has 1 N–H and O–H groups in total. The van der Waals surface area contributed by atoms with Gasteiger partial charge in [0, 0.05) is 17.8 Å². The van der Waals surface area contributed by atoms with Gasteiger partial charge in [0.1, 0.15) is 17.5 Å². The molecule has 0 saturated carbocycles. The minimum atomic E-state index is -0.805. The maximum absolute atomic E-state index is 13.0. The molecule has 0 radical (unpaired) electrons. The quantitative estimate of drug-likeness (QED) is 0.923. The average molecular weight is 313 g/mol. The molecule has 0 aliphatic rings. The topological polar surface area (TPSA) is 42.0 Å². The normalized spacial score (nSPS) is 10.2. The molecule has 2 rings (SSSR count). The van der Waals surface area contributed by atoms with E-state index >= 15 is 0 Å². The second-order valence-corrected chi connectivity index (χ2v) is 4.30. The van der Waals surface area contributed by atoms with Crippen LogP contribution in [0.4, 0.5) is 14.6 Å². The molecular weight excluding hydrogens is 306 g/mol. The first-order valence-electron chi connectivity index (χ1n) is 4.94. The summed E-state index contributed by atoms with van der Waals surface area (Å²) in [6, 6.07) is 5.98. The third kappa shape index (κ3) is 2.89. The van der Waals surface area contributed by atoms with Crippen LogP contribution in [0.3, 0.4) is 0 Å². The largest absolute Gasteiger partial charge is 0.306 e. The van der Waals surface area contributed by atoms with Gasteiger partial charge in [-0.1, -0.05) is 0 Å². The summed E-state index contributed by atoms with van der Waals surface area (Å²) in [5, 5.41) is 2.45. The van der Waals surface area contributed by atoms with Crippen LogP contribution >= 0.6 is 15.9 Å². The van der Waals surface area contributed by atoms with E-state index in [1.807, 2.05) is 0 Å². The fourth-order valence-corrected chi connectivity index (χ4v) is 1.70.